The van der Waals surface area contributed by atoms with Crippen LogP contribution in [-0.4, -0.2) is 0 Å². The molecule has 0 bridgehead atoms. The molecule has 0 fully saturated rings. The van der Waals surface area contributed by atoms with Crippen molar-refractivity contribution >= 4 is 38.0 Å². The lowest BCUT2D eigenvalue weighted by molar-refractivity contribution is 0.305. The lowest BCUT2D eigenvalue weighted by Crippen LogP contribution is -1.94. The summed E-state index contributed by atoms with van der Waals surface area (Å²) in [4.78, 5) is 0. The van der Waals surface area contributed by atoms with E-state index in [1.807, 2.05) is 18.2 Å². The molecule has 0 saturated heterocycles. The third-order valence-corrected chi connectivity index (χ3v) is 4.35. The van der Waals surface area contributed by atoms with Gasteiger partial charge in [0.2, 0.25) is 0 Å². The van der Waals surface area contributed by atoms with Crippen LogP contribution < -0.4 is 4.74 Å². The summed E-state index contributed by atoms with van der Waals surface area (Å²) in [7, 11) is 0. The van der Waals surface area contributed by atoms with E-state index in [4.69, 9.17) is 4.74 Å². The van der Waals surface area contributed by atoms with Crippen LogP contribution in [-0.2, 0) is 6.61 Å². The Morgan fingerprint density at radius 3 is 2.78 bits per heavy atom. The van der Waals surface area contributed by atoms with E-state index in [0.29, 0.717) is 6.61 Å². The summed E-state index contributed by atoms with van der Waals surface area (Å²) in [5.41, 5.74) is 1.21. The predicted molar refractivity (Wildman–Crippen MR) is 80.3 cm³/mol. The van der Waals surface area contributed by atoms with Crippen LogP contribution in [0.5, 0.6) is 5.75 Å². The van der Waals surface area contributed by atoms with Crippen molar-refractivity contribution in [3.8, 4) is 5.75 Å². The Kier molecular flexibility index (Phi) is 3.35. The minimum absolute atomic E-state index is 0.612. The first kappa shape index (κ1) is 11.8. The molecule has 3 aromatic rings. The second-order valence-electron chi connectivity index (χ2n) is 4.02. The molecule has 0 amide bonds. The monoisotopic (exact) mass is 318 g/mol. The van der Waals surface area contributed by atoms with Gasteiger partial charge >= 0.3 is 0 Å². The molecule has 3 heteroatoms. The highest BCUT2D eigenvalue weighted by Crippen LogP contribution is 2.33. The van der Waals surface area contributed by atoms with Gasteiger partial charge < -0.3 is 4.74 Å². The van der Waals surface area contributed by atoms with Crippen molar-refractivity contribution in [2.24, 2.45) is 0 Å². The van der Waals surface area contributed by atoms with Gasteiger partial charge in [0.05, 0.1) is 4.47 Å². The molecule has 0 aliphatic rings. The molecule has 1 aromatic heterocycles. The molecule has 3 rings (SSSR count). The summed E-state index contributed by atoms with van der Waals surface area (Å²) < 4.78 is 6.87. The smallest absolute Gasteiger partial charge is 0.134 e. The summed E-state index contributed by atoms with van der Waals surface area (Å²) in [5, 5.41) is 6.57. The van der Waals surface area contributed by atoms with Crippen LogP contribution in [0.1, 0.15) is 5.56 Å². The van der Waals surface area contributed by atoms with E-state index in [9.17, 15) is 0 Å². The topological polar surface area (TPSA) is 9.23 Å². The number of benzene rings is 2. The third kappa shape index (κ3) is 2.28. The van der Waals surface area contributed by atoms with E-state index in [1.54, 1.807) is 11.3 Å². The van der Waals surface area contributed by atoms with Crippen molar-refractivity contribution in [1.29, 1.82) is 0 Å². The first-order chi connectivity index (χ1) is 8.84. The number of fused-ring (bicyclic) bond motifs is 1. The molecule has 90 valence electrons. The SMILES string of the molecule is Brc1c(OCc2ccsc2)ccc2ccccc12. The van der Waals surface area contributed by atoms with Crippen molar-refractivity contribution in [3.63, 3.8) is 0 Å². The van der Waals surface area contributed by atoms with Gasteiger partial charge in [0.25, 0.3) is 0 Å². The van der Waals surface area contributed by atoms with E-state index in [-0.39, 0.29) is 0 Å². The van der Waals surface area contributed by atoms with Crippen molar-refractivity contribution < 1.29 is 4.74 Å². The summed E-state index contributed by atoms with van der Waals surface area (Å²) in [6, 6.07) is 14.5. The van der Waals surface area contributed by atoms with E-state index in [0.717, 1.165) is 10.2 Å². The minimum atomic E-state index is 0.612. The molecule has 2 aromatic carbocycles. The third-order valence-electron chi connectivity index (χ3n) is 2.80. The highest BCUT2D eigenvalue weighted by Gasteiger charge is 2.06. The Labute approximate surface area is 118 Å². The van der Waals surface area contributed by atoms with Gasteiger partial charge in [-0.05, 0) is 55.2 Å². The van der Waals surface area contributed by atoms with E-state index >= 15 is 0 Å². The quantitative estimate of drug-likeness (QED) is 0.641. The zero-order valence-corrected chi connectivity index (χ0v) is 12.0. The zero-order valence-electron chi connectivity index (χ0n) is 9.60. The van der Waals surface area contributed by atoms with E-state index < -0.39 is 0 Å². The van der Waals surface area contributed by atoms with Crippen LogP contribution >= 0.6 is 27.3 Å². The maximum atomic E-state index is 5.85. The fourth-order valence-electron chi connectivity index (χ4n) is 1.86. The molecule has 1 heterocycles. The summed E-state index contributed by atoms with van der Waals surface area (Å²) in [6.07, 6.45) is 0. The second-order valence-corrected chi connectivity index (χ2v) is 5.59. The maximum absolute atomic E-state index is 5.85. The van der Waals surface area contributed by atoms with E-state index in [1.165, 1.54) is 16.3 Å². The molecule has 0 radical (unpaired) electrons. The van der Waals surface area contributed by atoms with Crippen LogP contribution in [0, 0.1) is 0 Å². The Morgan fingerprint density at radius 1 is 1.06 bits per heavy atom. The van der Waals surface area contributed by atoms with Crippen molar-refractivity contribution in [1.82, 2.24) is 0 Å². The molecule has 0 aliphatic heterocycles. The maximum Gasteiger partial charge on any atom is 0.134 e. The van der Waals surface area contributed by atoms with Crippen LogP contribution in [0.15, 0.2) is 57.7 Å². The van der Waals surface area contributed by atoms with Gasteiger partial charge in [-0.15, -0.1) is 0 Å². The van der Waals surface area contributed by atoms with Crippen LogP contribution in [0.25, 0.3) is 10.8 Å². The van der Waals surface area contributed by atoms with Gasteiger partial charge in [-0.25, -0.2) is 0 Å². The van der Waals surface area contributed by atoms with Gasteiger partial charge in [-0.1, -0.05) is 30.3 Å². The number of rotatable bonds is 3. The lowest BCUT2D eigenvalue weighted by atomic mass is 10.1. The van der Waals surface area contributed by atoms with Crippen LogP contribution in [0.4, 0.5) is 0 Å². The molecule has 0 atom stereocenters. The molecular formula is C15H11BrOS. The highest BCUT2D eigenvalue weighted by atomic mass is 79.9. The minimum Gasteiger partial charge on any atom is -0.488 e. The molecule has 1 nitrogen and oxygen atoms in total. The predicted octanol–water partition coefficient (Wildman–Crippen LogP) is 5.24. The molecule has 0 unspecified atom stereocenters. The number of hydrogen-bond acceptors (Lipinski definition) is 2. The first-order valence-corrected chi connectivity index (χ1v) is 7.39. The van der Waals surface area contributed by atoms with Crippen molar-refractivity contribution in [2.45, 2.75) is 6.61 Å². The molecule has 0 spiro atoms. The first-order valence-electron chi connectivity index (χ1n) is 5.66. The Bertz CT molecular complexity index is 661. The van der Waals surface area contributed by atoms with Gasteiger partial charge in [-0.2, -0.15) is 11.3 Å². The molecule has 0 N–H and O–H groups in total. The van der Waals surface area contributed by atoms with Crippen molar-refractivity contribution in [3.05, 3.63) is 63.3 Å². The number of thiophene rings is 1. The Morgan fingerprint density at radius 2 is 1.94 bits per heavy atom. The van der Waals surface area contributed by atoms with Gasteiger partial charge in [0, 0.05) is 0 Å². The number of ether oxygens (including phenoxy) is 1. The van der Waals surface area contributed by atoms with E-state index in [2.05, 4.69) is 51.0 Å². The largest absolute Gasteiger partial charge is 0.488 e. The van der Waals surface area contributed by atoms with Gasteiger partial charge in [0.15, 0.2) is 0 Å². The second kappa shape index (κ2) is 5.12. The Balaban J connectivity index is 1.90. The van der Waals surface area contributed by atoms with Crippen molar-refractivity contribution in [2.75, 3.05) is 0 Å². The average molecular weight is 319 g/mol. The van der Waals surface area contributed by atoms with Gasteiger partial charge in [0.1, 0.15) is 12.4 Å². The summed E-state index contributed by atoms with van der Waals surface area (Å²) >= 11 is 5.31. The van der Waals surface area contributed by atoms with Crippen LogP contribution in [0.2, 0.25) is 0 Å². The van der Waals surface area contributed by atoms with Crippen LogP contribution in [0.3, 0.4) is 0 Å². The Hall–Kier alpha value is -1.32. The fraction of sp³-hybridized carbons (Fsp3) is 0.0667. The van der Waals surface area contributed by atoms with Gasteiger partial charge in [-0.3, -0.25) is 0 Å². The number of halogens is 1. The average Bonchev–Trinajstić information content (AvgIpc) is 2.91. The normalized spacial score (nSPS) is 10.7. The molecule has 18 heavy (non-hydrogen) atoms. The molecule has 0 saturated carbocycles. The zero-order chi connectivity index (χ0) is 12.4. The highest BCUT2D eigenvalue weighted by molar-refractivity contribution is 9.10. The summed E-state index contributed by atoms with van der Waals surface area (Å²) in [5.74, 6) is 0.889. The molecule has 0 aliphatic carbocycles. The standard InChI is InChI=1S/C15H11BrOS/c16-15-13-4-2-1-3-12(13)5-6-14(15)17-9-11-7-8-18-10-11/h1-8,10H,9H2. The number of hydrogen-bond donors (Lipinski definition) is 0. The molecular weight excluding hydrogens is 308 g/mol. The lowest BCUT2D eigenvalue weighted by Gasteiger charge is -2.09. The fourth-order valence-corrected chi connectivity index (χ4v) is 3.12. The summed E-state index contributed by atoms with van der Waals surface area (Å²) in [6.45, 7) is 0.612.